The molecule has 0 saturated carbocycles. The lowest BCUT2D eigenvalue weighted by Gasteiger charge is -2.12. The van der Waals surface area contributed by atoms with E-state index in [-0.39, 0.29) is 11.3 Å². The van der Waals surface area contributed by atoms with E-state index < -0.39 is 10.8 Å². The third-order valence-corrected chi connectivity index (χ3v) is 3.75. The van der Waals surface area contributed by atoms with Crippen LogP contribution in [0.1, 0.15) is 10.4 Å². The highest BCUT2D eigenvalue weighted by Gasteiger charge is 2.17. The highest BCUT2D eigenvalue weighted by molar-refractivity contribution is 9.10. The number of halogens is 1. The van der Waals surface area contributed by atoms with E-state index in [1.165, 1.54) is 32.4 Å². The zero-order valence-corrected chi connectivity index (χ0v) is 13.9. The third kappa shape index (κ3) is 3.78. The molecular formula is C15H13BrN2O5. The summed E-state index contributed by atoms with van der Waals surface area (Å²) in [4.78, 5) is 22.7. The van der Waals surface area contributed by atoms with Gasteiger partial charge in [0.1, 0.15) is 11.5 Å². The molecule has 0 unspecified atom stereocenters. The van der Waals surface area contributed by atoms with Crippen LogP contribution in [-0.4, -0.2) is 25.1 Å². The van der Waals surface area contributed by atoms with Gasteiger partial charge in [-0.15, -0.1) is 0 Å². The van der Waals surface area contributed by atoms with Crippen LogP contribution in [-0.2, 0) is 0 Å². The normalized spacial score (nSPS) is 10.0. The summed E-state index contributed by atoms with van der Waals surface area (Å²) in [6.45, 7) is 0. The number of carbonyl (C=O) groups is 1. The van der Waals surface area contributed by atoms with Gasteiger partial charge in [-0.25, -0.2) is 0 Å². The van der Waals surface area contributed by atoms with Crippen LogP contribution in [0.15, 0.2) is 40.9 Å². The summed E-state index contributed by atoms with van der Waals surface area (Å²) in [6, 6.07) is 8.89. The maximum Gasteiger partial charge on any atom is 0.270 e. The lowest BCUT2D eigenvalue weighted by Crippen LogP contribution is -2.13. The molecule has 0 atom stereocenters. The van der Waals surface area contributed by atoms with Gasteiger partial charge >= 0.3 is 0 Å². The molecule has 1 amide bonds. The predicted molar refractivity (Wildman–Crippen MR) is 88.3 cm³/mol. The number of amides is 1. The minimum atomic E-state index is -0.558. The minimum absolute atomic E-state index is 0.150. The number of non-ortho nitro benzene ring substituents is 1. The molecule has 0 aromatic heterocycles. The highest BCUT2D eigenvalue weighted by atomic mass is 79.9. The molecule has 0 radical (unpaired) electrons. The number of rotatable bonds is 5. The molecule has 1 N–H and O–H groups in total. The van der Waals surface area contributed by atoms with Crippen LogP contribution in [0, 0.1) is 10.1 Å². The monoisotopic (exact) mass is 380 g/mol. The van der Waals surface area contributed by atoms with Crippen LogP contribution in [0.25, 0.3) is 0 Å². The number of hydrogen-bond donors (Lipinski definition) is 1. The fraction of sp³-hybridized carbons (Fsp3) is 0.133. The summed E-state index contributed by atoms with van der Waals surface area (Å²) in [5, 5.41) is 13.5. The Kier molecular flexibility index (Phi) is 5.17. The number of nitrogens with one attached hydrogen (secondary N) is 1. The molecule has 8 heteroatoms. The molecule has 0 aliphatic rings. The first-order chi connectivity index (χ1) is 11.0. The van der Waals surface area contributed by atoms with Gasteiger partial charge in [0.05, 0.1) is 30.4 Å². The summed E-state index contributed by atoms with van der Waals surface area (Å²) >= 11 is 3.22. The number of benzene rings is 2. The van der Waals surface area contributed by atoms with Gasteiger partial charge in [0.15, 0.2) is 0 Å². The first kappa shape index (κ1) is 16.8. The number of anilines is 1. The third-order valence-electron chi connectivity index (χ3n) is 3.06. The number of nitro benzene ring substituents is 1. The van der Waals surface area contributed by atoms with Crippen molar-refractivity contribution in [2.24, 2.45) is 0 Å². The van der Waals surface area contributed by atoms with E-state index >= 15 is 0 Å². The summed E-state index contributed by atoms with van der Waals surface area (Å²) in [5.74, 6) is 0.500. The fourth-order valence-electron chi connectivity index (χ4n) is 1.89. The Labute approximate surface area is 140 Å². The van der Waals surface area contributed by atoms with Crippen LogP contribution >= 0.6 is 15.9 Å². The maximum atomic E-state index is 12.4. The van der Waals surface area contributed by atoms with Gasteiger partial charge in [0.2, 0.25) is 0 Å². The lowest BCUT2D eigenvalue weighted by molar-refractivity contribution is -0.384. The van der Waals surface area contributed by atoms with Gasteiger partial charge in [0, 0.05) is 22.7 Å². The van der Waals surface area contributed by atoms with Crippen LogP contribution in [0.2, 0.25) is 0 Å². The molecule has 0 heterocycles. The van der Waals surface area contributed by atoms with Gasteiger partial charge in [-0.1, -0.05) is 0 Å². The molecule has 0 saturated heterocycles. The van der Waals surface area contributed by atoms with Crippen LogP contribution in [0.5, 0.6) is 11.5 Å². The molecule has 7 nitrogen and oxygen atoms in total. The van der Waals surface area contributed by atoms with Crippen molar-refractivity contribution in [3.05, 3.63) is 56.5 Å². The highest BCUT2D eigenvalue weighted by Crippen LogP contribution is 2.30. The Balaban J connectivity index is 2.32. The molecular weight excluding hydrogens is 368 g/mol. The molecule has 2 aromatic rings. The number of nitrogens with zero attached hydrogens (tertiary/aromatic N) is 1. The average molecular weight is 381 g/mol. The number of hydrogen-bond acceptors (Lipinski definition) is 5. The fourth-order valence-corrected chi connectivity index (χ4v) is 2.32. The standard InChI is InChI=1S/C15H13BrN2O5/c1-22-10-4-6-13(14(8-10)23-2)17-15(19)11-7-9(18(20)21)3-5-12(11)16/h3-8H,1-2H3,(H,17,19). The molecule has 23 heavy (non-hydrogen) atoms. The van der Waals surface area contributed by atoms with E-state index in [2.05, 4.69) is 21.2 Å². The summed E-state index contributed by atoms with van der Waals surface area (Å²) in [7, 11) is 2.99. The van der Waals surface area contributed by atoms with Gasteiger partial charge < -0.3 is 14.8 Å². The smallest absolute Gasteiger partial charge is 0.270 e. The second-order valence-corrected chi connectivity index (χ2v) is 5.30. The largest absolute Gasteiger partial charge is 0.497 e. The second-order valence-electron chi connectivity index (χ2n) is 4.44. The van der Waals surface area contributed by atoms with Gasteiger partial charge in [-0.05, 0) is 34.1 Å². The zero-order valence-electron chi connectivity index (χ0n) is 12.3. The molecule has 0 spiro atoms. The molecule has 120 valence electrons. The number of nitro groups is 1. The van der Waals surface area contributed by atoms with E-state index in [1.807, 2.05) is 0 Å². The van der Waals surface area contributed by atoms with Gasteiger partial charge in [0.25, 0.3) is 11.6 Å². The van der Waals surface area contributed by atoms with Gasteiger partial charge in [-0.3, -0.25) is 14.9 Å². The van der Waals surface area contributed by atoms with E-state index in [1.54, 1.807) is 18.2 Å². The Morgan fingerprint density at radius 3 is 2.52 bits per heavy atom. The first-order valence-corrected chi connectivity index (χ1v) is 7.23. The Morgan fingerprint density at radius 2 is 1.91 bits per heavy atom. The average Bonchev–Trinajstić information content (AvgIpc) is 2.55. The van der Waals surface area contributed by atoms with Crippen LogP contribution in [0.4, 0.5) is 11.4 Å². The van der Waals surface area contributed by atoms with Crippen molar-refractivity contribution in [3.8, 4) is 11.5 Å². The lowest BCUT2D eigenvalue weighted by atomic mass is 10.2. The molecule has 0 bridgehead atoms. The number of carbonyl (C=O) groups excluding carboxylic acids is 1. The van der Waals surface area contributed by atoms with Crippen molar-refractivity contribution in [3.63, 3.8) is 0 Å². The first-order valence-electron chi connectivity index (χ1n) is 6.43. The Morgan fingerprint density at radius 1 is 1.17 bits per heavy atom. The van der Waals surface area contributed by atoms with E-state index in [0.717, 1.165) is 0 Å². The van der Waals surface area contributed by atoms with Crippen molar-refractivity contribution >= 4 is 33.2 Å². The minimum Gasteiger partial charge on any atom is -0.497 e. The summed E-state index contributed by atoms with van der Waals surface area (Å²) in [6.07, 6.45) is 0. The van der Waals surface area contributed by atoms with E-state index in [4.69, 9.17) is 9.47 Å². The van der Waals surface area contributed by atoms with Crippen molar-refractivity contribution in [2.75, 3.05) is 19.5 Å². The van der Waals surface area contributed by atoms with Crippen LogP contribution in [0.3, 0.4) is 0 Å². The summed E-state index contributed by atoms with van der Waals surface area (Å²) < 4.78 is 10.7. The number of ether oxygens (including phenoxy) is 2. The molecule has 0 aliphatic carbocycles. The molecule has 2 rings (SSSR count). The van der Waals surface area contributed by atoms with Crippen molar-refractivity contribution in [1.29, 1.82) is 0 Å². The van der Waals surface area contributed by atoms with Crippen LogP contribution < -0.4 is 14.8 Å². The SMILES string of the molecule is COc1ccc(NC(=O)c2cc([N+](=O)[O-])ccc2Br)c(OC)c1. The Hall–Kier alpha value is -2.61. The molecule has 0 fully saturated rings. The molecule has 2 aromatic carbocycles. The predicted octanol–water partition coefficient (Wildman–Crippen LogP) is 3.63. The quantitative estimate of drug-likeness (QED) is 0.631. The number of methoxy groups -OCH3 is 2. The van der Waals surface area contributed by atoms with Gasteiger partial charge in [-0.2, -0.15) is 0 Å². The zero-order chi connectivity index (χ0) is 17.0. The van der Waals surface area contributed by atoms with E-state index in [0.29, 0.717) is 21.7 Å². The molecule has 0 aliphatic heterocycles. The topological polar surface area (TPSA) is 90.7 Å². The van der Waals surface area contributed by atoms with Crippen molar-refractivity contribution in [1.82, 2.24) is 0 Å². The summed E-state index contributed by atoms with van der Waals surface area (Å²) in [5.41, 5.74) is 0.411. The van der Waals surface area contributed by atoms with E-state index in [9.17, 15) is 14.9 Å². The Bertz CT molecular complexity index is 764. The maximum absolute atomic E-state index is 12.4. The second kappa shape index (κ2) is 7.10. The van der Waals surface area contributed by atoms with Crippen molar-refractivity contribution in [2.45, 2.75) is 0 Å². The van der Waals surface area contributed by atoms with Crippen molar-refractivity contribution < 1.29 is 19.2 Å².